The van der Waals surface area contributed by atoms with E-state index in [4.69, 9.17) is 5.84 Å². The van der Waals surface area contributed by atoms with Gasteiger partial charge in [-0.1, -0.05) is 0 Å². The van der Waals surface area contributed by atoms with Crippen molar-refractivity contribution < 1.29 is 0 Å². The van der Waals surface area contributed by atoms with Crippen LogP contribution in [-0.4, -0.2) is 17.0 Å². The Morgan fingerprint density at radius 3 is 2.64 bits per heavy atom. The van der Waals surface area contributed by atoms with Crippen molar-refractivity contribution in [3.8, 4) is 0 Å². The highest BCUT2D eigenvalue weighted by atomic mass is 32.2. The normalized spacial score (nSPS) is 34.1. The quantitative estimate of drug-likeness (QED) is 0.495. The molecule has 0 radical (unpaired) electrons. The average molecular weight is 172 g/mol. The van der Waals surface area contributed by atoms with Gasteiger partial charge in [0.25, 0.3) is 0 Å². The molecule has 11 heavy (non-hydrogen) atoms. The lowest BCUT2D eigenvalue weighted by Crippen LogP contribution is -2.43. The standard InChI is InChI=1S/C8H16N2S/c9-10-8(6-3-4-6)7-2-1-5-11-7/h6-8,10H,1-5,9H2. The molecular formula is C8H16N2S. The number of nitrogens with one attached hydrogen (secondary N) is 1. The Balaban J connectivity index is 1.87. The predicted molar refractivity (Wildman–Crippen MR) is 49.3 cm³/mol. The molecule has 2 fully saturated rings. The zero-order valence-electron chi connectivity index (χ0n) is 6.75. The van der Waals surface area contributed by atoms with Crippen LogP contribution in [0.15, 0.2) is 0 Å². The first kappa shape index (κ1) is 7.90. The lowest BCUT2D eigenvalue weighted by Gasteiger charge is -2.21. The third-order valence-electron chi connectivity index (χ3n) is 2.69. The summed E-state index contributed by atoms with van der Waals surface area (Å²) in [5.74, 6) is 7.77. The maximum atomic E-state index is 5.53. The van der Waals surface area contributed by atoms with Gasteiger partial charge in [-0.25, -0.2) is 0 Å². The molecule has 1 saturated heterocycles. The molecule has 1 saturated carbocycles. The molecule has 1 heterocycles. The molecule has 3 N–H and O–H groups in total. The Kier molecular flexibility index (Phi) is 2.39. The molecule has 0 bridgehead atoms. The topological polar surface area (TPSA) is 38.0 Å². The molecule has 0 spiro atoms. The third-order valence-corrected chi connectivity index (χ3v) is 4.17. The summed E-state index contributed by atoms with van der Waals surface area (Å²) in [4.78, 5) is 0. The number of nitrogens with two attached hydrogens (primary N) is 1. The largest absolute Gasteiger partial charge is 0.271 e. The fourth-order valence-electron chi connectivity index (χ4n) is 1.89. The summed E-state index contributed by atoms with van der Waals surface area (Å²) in [6.07, 6.45) is 5.55. The van der Waals surface area contributed by atoms with Crippen LogP contribution >= 0.6 is 11.8 Å². The molecule has 2 aliphatic rings. The van der Waals surface area contributed by atoms with E-state index in [1.54, 1.807) is 0 Å². The minimum absolute atomic E-state index is 0.613. The van der Waals surface area contributed by atoms with Crippen molar-refractivity contribution in [2.24, 2.45) is 11.8 Å². The Hall–Kier alpha value is 0.270. The van der Waals surface area contributed by atoms with E-state index in [0.717, 1.165) is 11.2 Å². The molecule has 2 nitrogen and oxygen atoms in total. The smallest absolute Gasteiger partial charge is 0.0357 e. The van der Waals surface area contributed by atoms with Crippen LogP contribution in [0.4, 0.5) is 0 Å². The van der Waals surface area contributed by atoms with Gasteiger partial charge in [0.2, 0.25) is 0 Å². The molecule has 0 aromatic heterocycles. The van der Waals surface area contributed by atoms with Crippen molar-refractivity contribution in [1.82, 2.24) is 5.43 Å². The van der Waals surface area contributed by atoms with Crippen LogP contribution in [0.25, 0.3) is 0 Å². The summed E-state index contributed by atoms with van der Waals surface area (Å²) >= 11 is 2.10. The fraction of sp³-hybridized carbons (Fsp3) is 1.00. The van der Waals surface area contributed by atoms with Crippen molar-refractivity contribution in [2.45, 2.75) is 37.0 Å². The van der Waals surface area contributed by atoms with E-state index in [1.165, 1.54) is 31.4 Å². The van der Waals surface area contributed by atoms with Gasteiger partial charge in [-0.05, 0) is 37.4 Å². The highest BCUT2D eigenvalue weighted by Gasteiger charge is 2.37. The average Bonchev–Trinajstić information content (AvgIpc) is 2.68. The minimum atomic E-state index is 0.613. The molecule has 1 aliphatic heterocycles. The number of thioether (sulfide) groups is 1. The van der Waals surface area contributed by atoms with Crippen LogP contribution in [0.5, 0.6) is 0 Å². The first-order valence-electron chi connectivity index (χ1n) is 4.49. The SMILES string of the molecule is NNC(C1CC1)C1CCCS1. The lowest BCUT2D eigenvalue weighted by atomic mass is 10.1. The molecular weight excluding hydrogens is 156 g/mol. The third kappa shape index (κ3) is 1.71. The molecule has 0 aromatic carbocycles. The monoisotopic (exact) mass is 172 g/mol. The van der Waals surface area contributed by atoms with Gasteiger partial charge >= 0.3 is 0 Å². The minimum Gasteiger partial charge on any atom is -0.271 e. The van der Waals surface area contributed by atoms with Crippen molar-refractivity contribution >= 4 is 11.8 Å². The highest BCUT2D eigenvalue weighted by molar-refractivity contribution is 8.00. The predicted octanol–water partition coefficient (Wildman–Crippen LogP) is 1.12. The van der Waals surface area contributed by atoms with Gasteiger partial charge < -0.3 is 0 Å². The van der Waals surface area contributed by atoms with Crippen LogP contribution in [0.2, 0.25) is 0 Å². The van der Waals surface area contributed by atoms with Crippen LogP contribution < -0.4 is 11.3 Å². The number of hydrogen-bond acceptors (Lipinski definition) is 3. The van der Waals surface area contributed by atoms with Gasteiger partial charge in [-0.15, -0.1) is 0 Å². The van der Waals surface area contributed by atoms with Crippen molar-refractivity contribution in [3.05, 3.63) is 0 Å². The fourth-order valence-corrected chi connectivity index (χ4v) is 3.37. The zero-order valence-corrected chi connectivity index (χ0v) is 7.57. The van der Waals surface area contributed by atoms with E-state index < -0.39 is 0 Å². The summed E-state index contributed by atoms with van der Waals surface area (Å²) in [5.41, 5.74) is 2.99. The second-order valence-electron chi connectivity index (χ2n) is 3.58. The molecule has 3 heteroatoms. The van der Waals surface area contributed by atoms with Crippen molar-refractivity contribution in [2.75, 3.05) is 5.75 Å². The van der Waals surface area contributed by atoms with E-state index in [0.29, 0.717) is 6.04 Å². The van der Waals surface area contributed by atoms with Gasteiger partial charge in [0, 0.05) is 11.3 Å². The maximum absolute atomic E-state index is 5.53. The Morgan fingerprint density at radius 2 is 2.18 bits per heavy atom. The van der Waals surface area contributed by atoms with Crippen LogP contribution in [0.3, 0.4) is 0 Å². The van der Waals surface area contributed by atoms with E-state index in [2.05, 4.69) is 17.2 Å². The van der Waals surface area contributed by atoms with Gasteiger partial charge in [-0.2, -0.15) is 11.8 Å². The first-order chi connectivity index (χ1) is 5.42. The zero-order chi connectivity index (χ0) is 7.68. The molecule has 1 aliphatic carbocycles. The summed E-state index contributed by atoms with van der Waals surface area (Å²) in [5, 5.41) is 0.812. The molecule has 64 valence electrons. The van der Waals surface area contributed by atoms with Crippen LogP contribution in [0, 0.1) is 5.92 Å². The molecule has 2 atom stereocenters. The molecule has 2 unspecified atom stereocenters. The second-order valence-corrected chi connectivity index (χ2v) is 4.93. The number of hydrogen-bond donors (Lipinski definition) is 2. The van der Waals surface area contributed by atoms with E-state index in [-0.39, 0.29) is 0 Å². The van der Waals surface area contributed by atoms with Gasteiger partial charge in [0.05, 0.1) is 0 Å². The maximum Gasteiger partial charge on any atom is 0.0357 e. The van der Waals surface area contributed by atoms with Crippen molar-refractivity contribution in [1.29, 1.82) is 0 Å². The second kappa shape index (κ2) is 3.33. The molecule has 0 aromatic rings. The molecule has 0 amide bonds. The lowest BCUT2D eigenvalue weighted by molar-refractivity contribution is 0.451. The van der Waals surface area contributed by atoms with Gasteiger partial charge in [0.15, 0.2) is 0 Å². The van der Waals surface area contributed by atoms with Crippen molar-refractivity contribution in [3.63, 3.8) is 0 Å². The summed E-state index contributed by atoms with van der Waals surface area (Å²) in [7, 11) is 0. The van der Waals surface area contributed by atoms with E-state index in [9.17, 15) is 0 Å². The van der Waals surface area contributed by atoms with Crippen LogP contribution in [0.1, 0.15) is 25.7 Å². The Morgan fingerprint density at radius 1 is 1.36 bits per heavy atom. The number of hydrazine groups is 1. The number of rotatable bonds is 3. The van der Waals surface area contributed by atoms with Gasteiger partial charge in [0.1, 0.15) is 0 Å². The Labute approximate surface area is 72.3 Å². The summed E-state index contributed by atoms with van der Waals surface area (Å²) in [6.45, 7) is 0. The van der Waals surface area contributed by atoms with E-state index >= 15 is 0 Å². The van der Waals surface area contributed by atoms with E-state index in [1.807, 2.05) is 0 Å². The first-order valence-corrected chi connectivity index (χ1v) is 5.54. The molecule has 2 rings (SSSR count). The van der Waals surface area contributed by atoms with Crippen LogP contribution in [-0.2, 0) is 0 Å². The summed E-state index contributed by atoms with van der Waals surface area (Å²) in [6, 6.07) is 0.613. The Bertz CT molecular complexity index is 130. The summed E-state index contributed by atoms with van der Waals surface area (Å²) < 4.78 is 0. The van der Waals surface area contributed by atoms with Gasteiger partial charge in [-0.3, -0.25) is 11.3 Å². The highest BCUT2D eigenvalue weighted by Crippen LogP contribution is 2.40.